The van der Waals surface area contributed by atoms with Crippen molar-refractivity contribution in [2.75, 3.05) is 0 Å². The van der Waals surface area contributed by atoms with Crippen molar-refractivity contribution < 1.29 is 13.6 Å². The van der Waals surface area contributed by atoms with Gasteiger partial charge in [0.25, 0.3) is 5.91 Å². The lowest BCUT2D eigenvalue weighted by Crippen LogP contribution is -2.35. The highest BCUT2D eigenvalue weighted by Gasteiger charge is 2.51. The Balaban J connectivity index is 1.37. The van der Waals surface area contributed by atoms with Crippen molar-refractivity contribution in [3.63, 3.8) is 0 Å². The van der Waals surface area contributed by atoms with Crippen LogP contribution in [0.5, 0.6) is 0 Å². The van der Waals surface area contributed by atoms with E-state index in [-0.39, 0.29) is 17.1 Å². The molecule has 0 saturated heterocycles. The maximum Gasteiger partial charge on any atom is 0.272 e. The summed E-state index contributed by atoms with van der Waals surface area (Å²) in [6, 6.07) is 11.7. The van der Waals surface area contributed by atoms with E-state index in [0.29, 0.717) is 17.5 Å². The molecule has 4 nitrogen and oxygen atoms in total. The van der Waals surface area contributed by atoms with Gasteiger partial charge in [0, 0.05) is 17.5 Å². The summed E-state index contributed by atoms with van der Waals surface area (Å²) in [5.74, 6) is -0.700. The molecule has 0 spiro atoms. The number of hydrogen-bond donors (Lipinski definition) is 1. The summed E-state index contributed by atoms with van der Waals surface area (Å²) in [5.41, 5.74) is 4.33. The summed E-state index contributed by atoms with van der Waals surface area (Å²) in [7, 11) is 0. The van der Waals surface area contributed by atoms with E-state index < -0.39 is 11.6 Å². The Hall–Kier alpha value is -3.02. The fourth-order valence-electron chi connectivity index (χ4n) is 4.89. The van der Waals surface area contributed by atoms with Gasteiger partial charge in [0.2, 0.25) is 0 Å². The Kier molecular flexibility index (Phi) is 3.56. The Morgan fingerprint density at radius 2 is 1.93 bits per heavy atom. The summed E-state index contributed by atoms with van der Waals surface area (Å²) >= 11 is 0. The van der Waals surface area contributed by atoms with Gasteiger partial charge >= 0.3 is 0 Å². The molecule has 1 heterocycles. The van der Waals surface area contributed by atoms with Crippen LogP contribution < -0.4 is 5.32 Å². The van der Waals surface area contributed by atoms with Gasteiger partial charge in [-0.2, -0.15) is 5.10 Å². The van der Waals surface area contributed by atoms with E-state index in [4.69, 9.17) is 0 Å². The number of hydrogen-bond acceptors (Lipinski definition) is 2. The van der Waals surface area contributed by atoms with E-state index in [1.165, 1.54) is 22.4 Å². The third-order valence-corrected chi connectivity index (χ3v) is 6.82. The number of nitrogens with one attached hydrogen (secondary N) is 1. The molecule has 3 aromatic rings. The van der Waals surface area contributed by atoms with Crippen molar-refractivity contribution in [3.8, 4) is 5.69 Å². The third kappa shape index (κ3) is 2.62. The van der Waals surface area contributed by atoms with E-state index in [9.17, 15) is 13.6 Å². The van der Waals surface area contributed by atoms with Crippen LogP contribution in [-0.4, -0.2) is 15.7 Å². The summed E-state index contributed by atoms with van der Waals surface area (Å²) in [6.07, 6.45) is 3.62. The van der Waals surface area contributed by atoms with Crippen LogP contribution in [0.2, 0.25) is 0 Å². The molecule has 2 saturated carbocycles. The van der Waals surface area contributed by atoms with Crippen molar-refractivity contribution in [2.24, 2.45) is 5.92 Å². The average molecular weight is 405 g/mol. The highest BCUT2D eigenvalue weighted by molar-refractivity contribution is 5.95. The van der Waals surface area contributed by atoms with Crippen LogP contribution >= 0.6 is 0 Å². The van der Waals surface area contributed by atoms with E-state index in [1.54, 1.807) is 0 Å². The highest BCUT2D eigenvalue weighted by Crippen LogP contribution is 2.57. The fraction of sp³-hybridized carbons (Fsp3) is 0.333. The van der Waals surface area contributed by atoms with Crippen LogP contribution in [0.15, 0.2) is 42.5 Å². The number of rotatable bonds is 4. The molecule has 2 fully saturated rings. The number of benzene rings is 2. The molecule has 2 aromatic carbocycles. The van der Waals surface area contributed by atoms with Gasteiger partial charge in [0.1, 0.15) is 11.5 Å². The molecule has 1 N–H and O–H groups in total. The van der Waals surface area contributed by atoms with Gasteiger partial charge in [-0.3, -0.25) is 4.79 Å². The number of halogens is 2. The smallest absolute Gasteiger partial charge is 0.272 e. The summed E-state index contributed by atoms with van der Waals surface area (Å²) < 4.78 is 29.4. The lowest BCUT2D eigenvalue weighted by molar-refractivity contribution is 0.0924. The van der Waals surface area contributed by atoms with Gasteiger partial charge in [-0.25, -0.2) is 13.5 Å². The molecule has 6 heteroatoms. The van der Waals surface area contributed by atoms with Gasteiger partial charge in [-0.05, 0) is 56.2 Å². The molecule has 0 aliphatic heterocycles. The molecule has 0 bridgehead atoms. The quantitative estimate of drug-likeness (QED) is 0.693. The molecule has 6 rings (SSSR count). The molecule has 1 amide bonds. The summed E-state index contributed by atoms with van der Waals surface area (Å²) in [6.45, 7) is 2.04. The second kappa shape index (κ2) is 6.00. The molecule has 3 aliphatic rings. The van der Waals surface area contributed by atoms with Gasteiger partial charge in [-0.15, -0.1) is 0 Å². The van der Waals surface area contributed by atoms with E-state index in [0.717, 1.165) is 48.6 Å². The van der Waals surface area contributed by atoms with E-state index in [2.05, 4.69) is 34.7 Å². The first kappa shape index (κ1) is 17.8. The Bertz CT molecular complexity index is 1190. The van der Waals surface area contributed by atoms with Crippen LogP contribution in [0, 0.1) is 24.5 Å². The average Bonchev–Trinajstić information content (AvgIpc) is 3.59. The summed E-state index contributed by atoms with van der Waals surface area (Å²) in [5, 5.41) is 7.73. The number of carbonyl (C=O) groups is 1. The van der Waals surface area contributed by atoms with Crippen molar-refractivity contribution in [2.45, 2.75) is 44.1 Å². The molecular formula is C24H21F2N3O. The predicted octanol–water partition coefficient (Wildman–Crippen LogP) is 4.54. The molecule has 0 radical (unpaired) electrons. The van der Waals surface area contributed by atoms with Crippen molar-refractivity contribution in [3.05, 3.63) is 82.2 Å². The molecule has 152 valence electrons. The predicted molar refractivity (Wildman–Crippen MR) is 108 cm³/mol. The Labute approximate surface area is 172 Å². The van der Waals surface area contributed by atoms with Crippen LogP contribution in [0.4, 0.5) is 8.78 Å². The van der Waals surface area contributed by atoms with Crippen LogP contribution in [-0.2, 0) is 12.0 Å². The minimum atomic E-state index is -0.672. The minimum Gasteiger partial charge on any atom is -0.341 e. The largest absolute Gasteiger partial charge is 0.341 e. The van der Waals surface area contributed by atoms with Crippen molar-refractivity contribution in [1.82, 2.24) is 15.1 Å². The highest BCUT2D eigenvalue weighted by atomic mass is 19.1. The van der Waals surface area contributed by atoms with Gasteiger partial charge in [0.05, 0.1) is 11.2 Å². The van der Waals surface area contributed by atoms with Crippen molar-refractivity contribution in [1.29, 1.82) is 0 Å². The molecule has 3 aliphatic carbocycles. The molecule has 2 atom stereocenters. The SMILES string of the molecule is Cc1ccc(C2(NC(=O)c3nn(-c4ccc(F)cc4F)c4c3C[C@H]3C[C@@H]43)CC2)cc1. The molecule has 0 unspecified atom stereocenters. The maximum atomic E-state index is 14.5. The zero-order valence-electron chi connectivity index (χ0n) is 16.6. The van der Waals surface area contributed by atoms with Gasteiger partial charge in [0.15, 0.2) is 11.5 Å². The fourth-order valence-corrected chi connectivity index (χ4v) is 4.89. The van der Waals surface area contributed by atoms with E-state index >= 15 is 0 Å². The topological polar surface area (TPSA) is 46.9 Å². The van der Waals surface area contributed by atoms with Crippen LogP contribution in [0.1, 0.15) is 58.1 Å². The molecular weight excluding hydrogens is 384 g/mol. The van der Waals surface area contributed by atoms with E-state index in [1.807, 2.05) is 6.92 Å². The second-order valence-electron chi connectivity index (χ2n) is 8.93. The lowest BCUT2D eigenvalue weighted by Gasteiger charge is -2.18. The van der Waals surface area contributed by atoms with Gasteiger partial charge < -0.3 is 5.32 Å². The monoisotopic (exact) mass is 405 g/mol. The Morgan fingerprint density at radius 1 is 1.17 bits per heavy atom. The second-order valence-corrected chi connectivity index (χ2v) is 8.93. The standard InChI is InChI=1S/C24H21F2N3O/c1-13-2-4-15(5-3-13)24(8-9-24)27-23(30)21-18-11-14-10-17(14)22(18)29(28-21)20-7-6-16(25)12-19(20)26/h2-7,12,14,17H,8-11H2,1H3,(H,27,30)/t14-,17-/m1/s1. The van der Waals surface area contributed by atoms with Crippen LogP contribution in [0.25, 0.3) is 5.69 Å². The zero-order chi connectivity index (χ0) is 20.6. The molecule has 1 aromatic heterocycles. The molecule has 30 heavy (non-hydrogen) atoms. The number of carbonyl (C=O) groups excluding carboxylic acids is 1. The number of aromatic nitrogens is 2. The Morgan fingerprint density at radius 3 is 2.63 bits per heavy atom. The number of nitrogens with zero attached hydrogens (tertiary/aromatic N) is 2. The summed E-state index contributed by atoms with van der Waals surface area (Å²) in [4.78, 5) is 13.3. The third-order valence-electron chi connectivity index (χ3n) is 6.82. The minimum absolute atomic E-state index is 0.193. The first-order valence-electron chi connectivity index (χ1n) is 10.4. The number of fused-ring (bicyclic) bond motifs is 3. The normalized spacial score (nSPS) is 22.4. The van der Waals surface area contributed by atoms with Gasteiger partial charge in [-0.1, -0.05) is 29.8 Å². The number of amides is 1. The number of aryl methyl sites for hydroxylation is 1. The lowest BCUT2D eigenvalue weighted by atomic mass is 10.0. The first-order valence-corrected chi connectivity index (χ1v) is 10.4. The zero-order valence-corrected chi connectivity index (χ0v) is 16.6. The van der Waals surface area contributed by atoms with Crippen LogP contribution in [0.3, 0.4) is 0 Å². The van der Waals surface area contributed by atoms with Crippen molar-refractivity contribution >= 4 is 5.91 Å². The first-order chi connectivity index (χ1) is 14.4. The maximum absolute atomic E-state index is 14.5.